The summed E-state index contributed by atoms with van der Waals surface area (Å²) < 4.78 is 0. The van der Waals surface area contributed by atoms with E-state index in [0.29, 0.717) is 11.5 Å². The first-order valence-electron chi connectivity index (χ1n) is 8.12. The fraction of sp³-hybridized carbons (Fsp3) is 0.867. The van der Waals surface area contributed by atoms with Crippen LogP contribution in [0.5, 0.6) is 0 Å². The molecule has 0 aromatic carbocycles. The van der Waals surface area contributed by atoms with Gasteiger partial charge in [-0.2, -0.15) is 0 Å². The molecular weight excluding hydrogens is 284 g/mol. The van der Waals surface area contributed by atoms with Gasteiger partial charge in [0, 0.05) is 32.7 Å². The van der Waals surface area contributed by atoms with E-state index in [1.165, 1.54) is 12.8 Å². The zero-order valence-corrected chi connectivity index (χ0v) is 13.8. The van der Waals surface area contributed by atoms with Gasteiger partial charge in [0.1, 0.15) is 0 Å². The molecule has 0 radical (unpaired) electrons. The van der Waals surface area contributed by atoms with Gasteiger partial charge < -0.3 is 11.1 Å². The van der Waals surface area contributed by atoms with Crippen molar-refractivity contribution in [3.8, 4) is 0 Å². The number of hydrogen-bond donors (Lipinski definition) is 2. The Hall–Kier alpha value is -0.720. The predicted octanol–water partition coefficient (Wildman–Crippen LogP) is 0.585. The first-order chi connectivity index (χ1) is 10.1. The lowest BCUT2D eigenvalue weighted by molar-refractivity contribution is -0.122. The van der Waals surface area contributed by atoms with Crippen molar-refractivity contribution in [2.75, 3.05) is 39.3 Å². The summed E-state index contributed by atoms with van der Waals surface area (Å²) in [5.41, 5.74) is 5.85. The van der Waals surface area contributed by atoms with Gasteiger partial charge in [0.25, 0.3) is 0 Å². The van der Waals surface area contributed by atoms with Crippen molar-refractivity contribution in [2.24, 2.45) is 11.7 Å². The maximum absolute atomic E-state index is 11.9. The van der Waals surface area contributed by atoms with Crippen LogP contribution in [0, 0.1) is 5.92 Å². The molecule has 0 spiro atoms. The molecule has 0 bridgehead atoms. The van der Waals surface area contributed by atoms with E-state index >= 15 is 0 Å². The minimum Gasteiger partial charge on any atom is -0.392 e. The maximum Gasteiger partial charge on any atom is 0.234 e. The third kappa shape index (κ3) is 5.52. The summed E-state index contributed by atoms with van der Waals surface area (Å²) in [6, 6.07) is 0.218. The fourth-order valence-electron chi connectivity index (χ4n) is 2.85. The topological polar surface area (TPSA) is 61.6 Å². The van der Waals surface area contributed by atoms with Gasteiger partial charge in [-0.1, -0.05) is 25.6 Å². The largest absolute Gasteiger partial charge is 0.392 e. The van der Waals surface area contributed by atoms with E-state index in [1.807, 2.05) is 0 Å². The molecule has 1 aliphatic carbocycles. The summed E-state index contributed by atoms with van der Waals surface area (Å²) in [6.07, 6.45) is 4.66. The number of piperazine rings is 1. The lowest BCUT2D eigenvalue weighted by atomic mass is 10.1. The summed E-state index contributed by atoms with van der Waals surface area (Å²) in [6.45, 7) is 7.26. The molecule has 6 heteroatoms. The highest BCUT2D eigenvalue weighted by molar-refractivity contribution is 7.80. The average Bonchev–Trinajstić information content (AvgIpc) is 3.27. The highest BCUT2D eigenvalue weighted by Crippen LogP contribution is 2.27. The van der Waals surface area contributed by atoms with Gasteiger partial charge in [0.2, 0.25) is 5.91 Å². The molecule has 3 N–H and O–H groups in total. The van der Waals surface area contributed by atoms with E-state index in [0.717, 1.165) is 51.5 Å². The molecule has 1 heterocycles. The monoisotopic (exact) mass is 312 g/mol. The Bertz CT molecular complexity index is 365. The van der Waals surface area contributed by atoms with Crippen LogP contribution in [-0.4, -0.2) is 66.0 Å². The number of hydrogen-bond acceptors (Lipinski definition) is 4. The second-order valence-electron chi connectivity index (χ2n) is 6.27. The number of rotatable bonds is 8. The molecular formula is C15H28N4OS. The SMILES string of the molecule is CCCC(C(N)=S)N1CCN(CC(=O)NCC2CC2)CC1. The Labute approximate surface area is 133 Å². The Morgan fingerprint density at radius 3 is 2.52 bits per heavy atom. The minimum absolute atomic E-state index is 0.162. The number of carbonyl (C=O) groups excluding carboxylic acids is 1. The van der Waals surface area contributed by atoms with Gasteiger partial charge >= 0.3 is 0 Å². The first kappa shape index (κ1) is 16.6. The molecule has 1 aliphatic heterocycles. The van der Waals surface area contributed by atoms with E-state index in [-0.39, 0.29) is 11.9 Å². The Kier molecular flexibility index (Phi) is 6.39. The van der Waals surface area contributed by atoms with Crippen LogP contribution in [0.3, 0.4) is 0 Å². The van der Waals surface area contributed by atoms with Crippen LogP contribution in [0.15, 0.2) is 0 Å². The molecule has 0 aromatic heterocycles. The molecule has 21 heavy (non-hydrogen) atoms. The number of nitrogens with two attached hydrogens (primary N) is 1. The third-order valence-electron chi connectivity index (χ3n) is 4.39. The van der Waals surface area contributed by atoms with Crippen LogP contribution in [0.25, 0.3) is 0 Å². The van der Waals surface area contributed by atoms with Crippen LogP contribution in [0.4, 0.5) is 0 Å². The summed E-state index contributed by atoms with van der Waals surface area (Å²) in [4.78, 5) is 17.1. The first-order valence-corrected chi connectivity index (χ1v) is 8.53. The summed E-state index contributed by atoms with van der Waals surface area (Å²) >= 11 is 5.19. The molecule has 1 atom stereocenters. The van der Waals surface area contributed by atoms with E-state index in [9.17, 15) is 4.79 Å². The third-order valence-corrected chi connectivity index (χ3v) is 4.66. The van der Waals surface area contributed by atoms with Gasteiger partial charge in [0.15, 0.2) is 0 Å². The number of carbonyl (C=O) groups is 1. The zero-order valence-electron chi connectivity index (χ0n) is 13.0. The molecule has 2 aliphatic rings. The van der Waals surface area contributed by atoms with Crippen molar-refractivity contribution >= 4 is 23.1 Å². The Balaban J connectivity index is 1.68. The molecule has 2 fully saturated rings. The summed E-state index contributed by atoms with van der Waals surface area (Å²) in [5, 5.41) is 3.03. The maximum atomic E-state index is 11.9. The van der Waals surface area contributed by atoms with Crippen LogP contribution in [0.2, 0.25) is 0 Å². The van der Waals surface area contributed by atoms with Gasteiger partial charge in [0.05, 0.1) is 17.6 Å². The lowest BCUT2D eigenvalue weighted by Crippen LogP contribution is -2.55. The molecule has 2 rings (SSSR count). The Morgan fingerprint density at radius 1 is 1.33 bits per heavy atom. The summed E-state index contributed by atoms with van der Waals surface area (Å²) in [5.74, 6) is 0.904. The van der Waals surface area contributed by atoms with Crippen LogP contribution in [-0.2, 0) is 4.79 Å². The van der Waals surface area contributed by atoms with E-state index in [4.69, 9.17) is 18.0 Å². The smallest absolute Gasteiger partial charge is 0.234 e. The molecule has 5 nitrogen and oxygen atoms in total. The van der Waals surface area contributed by atoms with Gasteiger partial charge in [-0.05, 0) is 25.2 Å². The molecule has 1 saturated carbocycles. The minimum atomic E-state index is 0.162. The second kappa shape index (κ2) is 8.06. The summed E-state index contributed by atoms with van der Waals surface area (Å²) in [7, 11) is 0. The van der Waals surface area contributed by atoms with E-state index in [2.05, 4.69) is 22.0 Å². The van der Waals surface area contributed by atoms with E-state index < -0.39 is 0 Å². The molecule has 1 amide bonds. The van der Waals surface area contributed by atoms with E-state index in [1.54, 1.807) is 0 Å². The number of thiocarbonyl (C=S) groups is 1. The van der Waals surface area contributed by atoms with Crippen LogP contribution < -0.4 is 11.1 Å². The zero-order chi connectivity index (χ0) is 15.2. The molecule has 1 unspecified atom stereocenters. The number of amides is 1. The normalized spacial score (nSPS) is 22.0. The standard InChI is InChI=1S/C15H28N4OS/c1-2-3-13(15(16)21)19-8-6-18(7-9-19)11-14(20)17-10-12-4-5-12/h12-13H,2-11H2,1H3,(H2,16,21)(H,17,20). The quantitative estimate of drug-likeness (QED) is 0.642. The Morgan fingerprint density at radius 2 is 2.00 bits per heavy atom. The van der Waals surface area contributed by atoms with Crippen molar-refractivity contribution in [2.45, 2.75) is 38.6 Å². The number of nitrogens with zero attached hydrogens (tertiary/aromatic N) is 2. The highest BCUT2D eigenvalue weighted by atomic mass is 32.1. The fourth-order valence-corrected chi connectivity index (χ4v) is 3.12. The molecule has 120 valence electrons. The van der Waals surface area contributed by atoms with Crippen molar-refractivity contribution in [1.29, 1.82) is 0 Å². The second-order valence-corrected chi connectivity index (χ2v) is 6.74. The molecule has 1 saturated heterocycles. The predicted molar refractivity (Wildman–Crippen MR) is 89.2 cm³/mol. The van der Waals surface area contributed by atoms with Crippen molar-refractivity contribution in [3.05, 3.63) is 0 Å². The van der Waals surface area contributed by atoms with Gasteiger partial charge in [-0.25, -0.2) is 0 Å². The van der Waals surface area contributed by atoms with Crippen molar-refractivity contribution in [3.63, 3.8) is 0 Å². The van der Waals surface area contributed by atoms with Crippen molar-refractivity contribution < 1.29 is 4.79 Å². The van der Waals surface area contributed by atoms with Gasteiger partial charge in [-0.3, -0.25) is 14.6 Å². The molecule has 0 aromatic rings. The van der Waals surface area contributed by atoms with Crippen LogP contribution >= 0.6 is 12.2 Å². The highest BCUT2D eigenvalue weighted by Gasteiger charge is 2.26. The van der Waals surface area contributed by atoms with Gasteiger partial charge in [-0.15, -0.1) is 0 Å². The lowest BCUT2D eigenvalue weighted by Gasteiger charge is -2.38. The average molecular weight is 312 g/mol. The van der Waals surface area contributed by atoms with Crippen LogP contribution in [0.1, 0.15) is 32.6 Å². The van der Waals surface area contributed by atoms with Crippen molar-refractivity contribution in [1.82, 2.24) is 15.1 Å². The number of nitrogens with one attached hydrogen (secondary N) is 1.